The third-order valence-electron chi connectivity index (χ3n) is 17.4. The van der Waals surface area contributed by atoms with Crippen LogP contribution in [0.2, 0.25) is 0 Å². The molecule has 0 aliphatic heterocycles. The third kappa shape index (κ3) is 69.9. The topological polar surface area (TPSA) is 111 Å². The van der Waals surface area contributed by atoms with Gasteiger partial charge in [0.05, 0.1) is 33.8 Å². The van der Waals surface area contributed by atoms with E-state index < -0.39 is 20.0 Å². The van der Waals surface area contributed by atoms with Gasteiger partial charge in [-0.2, -0.15) is 0 Å². The molecule has 0 saturated carbocycles. The minimum atomic E-state index is -4.46. The van der Waals surface area contributed by atoms with Crippen LogP contribution in [0.15, 0.2) is 60.8 Å². The normalized spacial score (nSPS) is 13.7. The van der Waals surface area contributed by atoms with Crippen LogP contribution in [-0.4, -0.2) is 74.3 Å². The van der Waals surface area contributed by atoms with E-state index in [1.54, 1.807) is 0 Å². The van der Waals surface area contributed by atoms with Crippen LogP contribution in [0.25, 0.3) is 0 Å². The lowest BCUT2D eigenvalue weighted by molar-refractivity contribution is -0.870. The Morgan fingerprint density at radius 2 is 0.685 bits per heavy atom. The minimum Gasteiger partial charge on any atom is -0.456 e. The van der Waals surface area contributed by atoms with Crippen LogP contribution in [0.3, 0.4) is 0 Å². The number of carbonyl (C=O) groups excluding carboxylic acids is 2. The first-order chi connectivity index (χ1) is 43.4. The Bertz CT molecular complexity index is 1700. The van der Waals surface area contributed by atoms with Gasteiger partial charge >= 0.3 is 13.8 Å². The molecule has 522 valence electrons. The van der Waals surface area contributed by atoms with Gasteiger partial charge in [0.25, 0.3) is 0 Å². The van der Waals surface area contributed by atoms with Crippen LogP contribution in [0, 0.1) is 0 Å². The number of amides is 1. The van der Waals surface area contributed by atoms with Crippen molar-refractivity contribution >= 4 is 19.7 Å². The molecular weight excluding hydrogens is 1120 g/mol. The molecule has 0 saturated heterocycles. The molecule has 0 aromatic carbocycles. The number of phosphoric acid groups is 1. The lowest BCUT2D eigenvalue weighted by Crippen LogP contribution is -2.47. The van der Waals surface area contributed by atoms with E-state index in [1.165, 1.54) is 276 Å². The van der Waals surface area contributed by atoms with E-state index in [1.807, 2.05) is 27.2 Å². The van der Waals surface area contributed by atoms with Crippen molar-refractivity contribution in [3.8, 4) is 0 Å². The Morgan fingerprint density at radius 3 is 1.06 bits per heavy atom. The molecule has 1 amide bonds. The summed E-state index contributed by atoms with van der Waals surface area (Å²) in [4.78, 5) is 38.0. The number of nitrogens with zero attached hydrogens (tertiary/aromatic N) is 1. The number of nitrogens with one attached hydrogen (secondary N) is 1. The molecular formula is C79H150N2O7P+. The first kappa shape index (κ1) is 86.7. The van der Waals surface area contributed by atoms with Gasteiger partial charge in [-0.15, -0.1) is 0 Å². The highest BCUT2D eigenvalue weighted by Gasteiger charge is 2.30. The summed E-state index contributed by atoms with van der Waals surface area (Å²) in [5.41, 5.74) is 0. The first-order valence-electron chi connectivity index (χ1n) is 38.6. The third-order valence-corrected chi connectivity index (χ3v) is 18.4. The van der Waals surface area contributed by atoms with E-state index in [-0.39, 0.29) is 31.5 Å². The van der Waals surface area contributed by atoms with E-state index in [0.717, 1.165) is 70.6 Å². The van der Waals surface area contributed by atoms with E-state index in [0.29, 0.717) is 17.4 Å². The van der Waals surface area contributed by atoms with Gasteiger partial charge in [0, 0.05) is 12.8 Å². The highest BCUT2D eigenvalue weighted by molar-refractivity contribution is 7.47. The maximum Gasteiger partial charge on any atom is 0.472 e. The summed E-state index contributed by atoms with van der Waals surface area (Å²) in [6, 6.07) is -0.851. The summed E-state index contributed by atoms with van der Waals surface area (Å²) < 4.78 is 30.9. The summed E-state index contributed by atoms with van der Waals surface area (Å²) in [6.07, 6.45) is 89.6. The predicted octanol–water partition coefficient (Wildman–Crippen LogP) is 24.9. The van der Waals surface area contributed by atoms with Crippen molar-refractivity contribution < 1.29 is 37.3 Å². The average molecular weight is 1270 g/mol. The summed E-state index contributed by atoms with van der Waals surface area (Å²) >= 11 is 0. The number of carbonyl (C=O) groups is 2. The monoisotopic (exact) mass is 1270 g/mol. The molecule has 3 unspecified atom stereocenters. The van der Waals surface area contributed by atoms with Crippen molar-refractivity contribution in [1.29, 1.82) is 0 Å². The van der Waals surface area contributed by atoms with E-state index in [2.05, 4.69) is 80.8 Å². The van der Waals surface area contributed by atoms with Gasteiger partial charge < -0.3 is 19.4 Å². The van der Waals surface area contributed by atoms with Crippen molar-refractivity contribution in [2.45, 2.75) is 392 Å². The molecule has 0 aromatic rings. The molecule has 3 atom stereocenters. The molecule has 2 N–H and O–H groups in total. The average Bonchev–Trinajstić information content (AvgIpc) is 3.57. The Balaban J connectivity index is 4.99. The van der Waals surface area contributed by atoms with Gasteiger partial charge in [-0.3, -0.25) is 18.6 Å². The van der Waals surface area contributed by atoms with Crippen LogP contribution >= 0.6 is 7.82 Å². The largest absolute Gasteiger partial charge is 0.472 e. The Hall–Kier alpha value is -2.29. The number of rotatable bonds is 71. The Morgan fingerprint density at radius 1 is 0.393 bits per heavy atom. The Labute approximate surface area is 553 Å². The number of ether oxygens (including phenoxy) is 1. The lowest BCUT2D eigenvalue weighted by Gasteiger charge is -2.27. The summed E-state index contributed by atoms with van der Waals surface area (Å²) in [6.45, 7) is 7.04. The number of unbranched alkanes of at least 4 members (excludes halogenated alkanes) is 47. The van der Waals surface area contributed by atoms with Crippen LogP contribution in [0.4, 0.5) is 0 Å². The number of hydrogen-bond acceptors (Lipinski definition) is 6. The molecule has 0 heterocycles. The first-order valence-corrected chi connectivity index (χ1v) is 40.1. The predicted molar refractivity (Wildman–Crippen MR) is 388 cm³/mol. The molecule has 0 bridgehead atoms. The molecule has 9 nitrogen and oxygen atoms in total. The molecule has 0 rings (SSSR count). The number of quaternary nitrogens is 1. The highest BCUT2D eigenvalue weighted by Crippen LogP contribution is 2.43. The SMILES string of the molecule is CCCCC/C=C\C/C=C\C/C=C\CCCCCCCCCCCCC(=O)OC(/C=C\CCCCCCCCCCCCC)C(COP(=O)(O)OCC[N+](C)(C)C)NC(=O)CCCCCCCCCCCCCCCCCCC/C=C/CCCCCCCC. The van der Waals surface area contributed by atoms with Gasteiger partial charge in [0.15, 0.2) is 0 Å². The molecule has 0 aromatic heterocycles. The number of likely N-dealkylation sites (N-methyl/N-ethyl adjacent to an activating group) is 1. The number of hydrogen-bond donors (Lipinski definition) is 2. The lowest BCUT2D eigenvalue weighted by atomic mass is 10.0. The number of esters is 1. The zero-order chi connectivity index (χ0) is 64.9. The zero-order valence-corrected chi connectivity index (χ0v) is 60.8. The van der Waals surface area contributed by atoms with Gasteiger partial charge in [0.1, 0.15) is 19.3 Å². The fourth-order valence-corrected chi connectivity index (χ4v) is 12.2. The van der Waals surface area contributed by atoms with Crippen molar-refractivity contribution in [1.82, 2.24) is 5.32 Å². The van der Waals surface area contributed by atoms with Crippen molar-refractivity contribution in [2.75, 3.05) is 40.9 Å². The van der Waals surface area contributed by atoms with Gasteiger partial charge in [-0.05, 0) is 96.0 Å². The molecule has 0 aliphatic rings. The molecule has 0 spiro atoms. The van der Waals surface area contributed by atoms with Crippen LogP contribution in [-0.2, 0) is 27.9 Å². The van der Waals surface area contributed by atoms with Crippen molar-refractivity contribution in [3.05, 3.63) is 60.8 Å². The quantitative estimate of drug-likeness (QED) is 0.0205. The summed E-state index contributed by atoms with van der Waals surface area (Å²) in [7, 11) is 1.51. The number of phosphoric ester groups is 1. The zero-order valence-electron chi connectivity index (χ0n) is 59.9. The molecule has 10 heteroatoms. The van der Waals surface area contributed by atoms with Crippen LogP contribution in [0.5, 0.6) is 0 Å². The van der Waals surface area contributed by atoms with Crippen molar-refractivity contribution in [3.63, 3.8) is 0 Å². The van der Waals surface area contributed by atoms with Crippen molar-refractivity contribution in [2.24, 2.45) is 0 Å². The number of allylic oxidation sites excluding steroid dienone is 9. The summed E-state index contributed by atoms with van der Waals surface area (Å²) in [5, 5.41) is 3.08. The van der Waals surface area contributed by atoms with E-state index in [4.69, 9.17) is 13.8 Å². The van der Waals surface area contributed by atoms with E-state index >= 15 is 0 Å². The van der Waals surface area contributed by atoms with Gasteiger partial charge in [-0.25, -0.2) is 4.57 Å². The second-order valence-corrected chi connectivity index (χ2v) is 29.0. The second-order valence-electron chi connectivity index (χ2n) is 27.5. The maximum atomic E-state index is 13.7. The Kier molecular flexibility index (Phi) is 66.8. The second kappa shape index (κ2) is 68.6. The fraction of sp³-hybridized carbons (Fsp3) is 0.848. The minimum absolute atomic E-state index is 0.0404. The molecule has 0 radical (unpaired) electrons. The smallest absolute Gasteiger partial charge is 0.456 e. The van der Waals surface area contributed by atoms with E-state index in [9.17, 15) is 19.0 Å². The van der Waals surface area contributed by atoms with Crippen LogP contribution in [0.1, 0.15) is 380 Å². The van der Waals surface area contributed by atoms with Crippen LogP contribution < -0.4 is 5.32 Å². The molecule has 0 aliphatic carbocycles. The fourth-order valence-electron chi connectivity index (χ4n) is 11.5. The van der Waals surface area contributed by atoms with Gasteiger partial charge in [0.2, 0.25) is 5.91 Å². The maximum absolute atomic E-state index is 13.7. The standard InChI is InChI=1S/C79H149N2O7P/c1-7-10-13-16-19-22-25-28-30-32-34-36-38-39-40-41-43-44-46-48-50-53-56-59-62-65-68-71-78(82)80-76(75-87-89(84,85)86-74-73-81(4,5)6)77(70-67-64-61-58-55-52-27-24-21-18-15-12-9-3)88-79(83)72-69-66-63-60-57-54-51-49-47-45-42-37-35-33-31-29-26-23-20-17-14-11-8-2/h20,23,28-31,35,37,67,70,76-77H,7-19,21-22,24-27,32-34,36,38-66,68-69,71-75H2,1-6H3,(H-,80,82,84,85)/p+1/b23-20-,30-28+,31-29-,37-35-,70-67-. The summed E-state index contributed by atoms with van der Waals surface area (Å²) in [5.74, 6) is -0.492. The molecule has 0 fully saturated rings. The molecule has 89 heavy (non-hydrogen) atoms. The van der Waals surface area contributed by atoms with Gasteiger partial charge in [-0.1, -0.05) is 332 Å². The highest BCUT2D eigenvalue weighted by atomic mass is 31.2.